The molecule has 1 aromatic heterocycles. The molecule has 0 spiro atoms. The average molecular weight is 292 g/mol. The van der Waals surface area contributed by atoms with E-state index in [1.165, 1.54) is 5.56 Å². The summed E-state index contributed by atoms with van der Waals surface area (Å²) in [5.74, 6) is 1.43. The fourth-order valence-electron chi connectivity index (χ4n) is 1.53. The van der Waals surface area contributed by atoms with Crippen LogP contribution >= 0.6 is 15.9 Å². The molecule has 0 saturated heterocycles. The largest absolute Gasteiger partial charge is 0.438 e. The highest BCUT2D eigenvalue weighted by atomic mass is 79.9. The van der Waals surface area contributed by atoms with Gasteiger partial charge < -0.3 is 4.74 Å². The van der Waals surface area contributed by atoms with Crippen LogP contribution in [-0.4, -0.2) is 4.98 Å². The van der Waals surface area contributed by atoms with Gasteiger partial charge in [0.05, 0.1) is 4.47 Å². The molecule has 1 heterocycles. The maximum Gasteiger partial charge on any atom is 0.233 e. The zero-order valence-electron chi connectivity index (χ0n) is 9.90. The van der Waals surface area contributed by atoms with Gasteiger partial charge in [0.1, 0.15) is 5.75 Å². The molecule has 0 saturated carbocycles. The summed E-state index contributed by atoms with van der Waals surface area (Å²) in [4.78, 5) is 4.22. The second-order valence-electron chi connectivity index (χ2n) is 3.85. The second-order valence-corrected chi connectivity index (χ2v) is 4.64. The van der Waals surface area contributed by atoms with E-state index in [9.17, 15) is 0 Å². The molecule has 1 aromatic carbocycles. The summed E-state index contributed by atoms with van der Waals surface area (Å²) in [7, 11) is 0. The van der Waals surface area contributed by atoms with E-state index in [0.29, 0.717) is 5.88 Å². The van der Waals surface area contributed by atoms with Gasteiger partial charge in [-0.3, -0.25) is 0 Å². The molecule has 0 amide bonds. The molecule has 0 bridgehead atoms. The lowest BCUT2D eigenvalue weighted by molar-refractivity contribution is 0.458. The van der Waals surface area contributed by atoms with Crippen LogP contribution in [0.25, 0.3) is 0 Å². The lowest BCUT2D eigenvalue weighted by Crippen LogP contribution is -1.91. The van der Waals surface area contributed by atoms with E-state index >= 15 is 0 Å². The highest BCUT2D eigenvalue weighted by molar-refractivity contribution is 9.10. The first-order valence-corrected chi connectivity index (χ1v) is 6.38. The Morgan fingerprint density at radius 1 is 1.29 bits per heavy atom. The van der Waals surface area contributed by atoms with Gasteiger partial charge in [0.25, 0.3) is 0 Å². The molecule has 2 nitrogen and oxygen atoms in total. The molecular formula is C14H14BrNO. The summed E-state index contributed by atoms with van der Waals surface area (Å²) >= 11 is 3.49. The summed E-state index contributed by atoms with van der Waals surface area (Å²) in [6.07, 6.45) is 2.75. The summed E-state index contributed by atoms with van der Waals surface area (Å²) < 4.78 is 6.68. The third-order valence-electron chi connectivity index (χ3n) is 2.57. The van der Waals surface area contributed by atoms with Crippen molar-refractivity contribution in [3.63, 3.8) is 0 Å². The number of benzene rings is 1. The molecule has 17 heavy (non-hydrogen) atoms. The number of hydrogen-bond acceptors (Lipinski definition) is 2. The normalized spacial score (nSPS) is 10.3. The summed E-state index contributed by atoms with van der Waals surface area (Å²) in [6.45, 7) is 4.14. The topological polar surface area (TPSA) is 22.1 Å². The van der Waals surface area contributed by atoms with Crippen molar-refractivity contribution in [1.82, 2.24) is 4.98 Å². The SMILES string of the molecule is CCc1cccc(Oc2nccc(C)c2Br)c1. The van der Waals surface area contributed by atoms with Crippen molar-refractivity contribution < 1.29 is 4.74 Å². The minimum atomic E-state index is 0.609. The monoisotopic (exact) mass is 291 g/mol. The maximum absolute atomic E-state index is 5.77. The first kappa shape index (κ1) is 12.1. The van der Waals surface area contributed by atoms with E-state index in [2.05, 4.69) is 33.9 Å². The first-order valence-electron chi connectivity index (χ1n) is 5.58. The molecule has 2 aromatic rings. The van der Waals surface area contributed by atoms with Gasteiger partial charge in [0.15, 0.2) is 0 Å². The van der Waals surface area contributed by atoms with Gasteiger partial charge in [-0.2, -0.15) is 0 Å². The molecule has 0 fully saturated rings. The van der Waals surface area contributed by atoms with E-state index in [4.69, 9.17) is 4.74 Å². The Balaban J connectivity index is 2.28. The molecular weight excluding hydrogens is 278 g/mol. The maximum atomic E-state index is 5.77. The van der Waals surface area contributed by atoms with Gasteiger partial charge in [-0.25, -0.2) is 4.98 Å². The molecule has 3 heteroatoms. The minimum absolute atomic E-state index is 0.609. The fourth-order valence-corrected chi connectivity index (χ4v) is 1.84. The van der Waals surface area contributed by atoms with Crippen molar-refractivity contribution in [2.75, 3.05) is 0 Å². The zero-order chi connectivity index (χ0) is 12.3. The average Bonchev–Trinajstić information content (AvgIpc) is 2.35. The predicted octanol–water partition coefficient (Wildman–Crippen LogP) is 4.51. The lowest BCUT2D eigenvalue weighted by atomic mass is 10.2. The van der Waals surface area contributed by atoms with Gasteiger partial charge in [0.2, 0.25) is 5.88 Å². The zero-order valence-corrected chi connectivity index (χ0v) is 11.5. The predicted molar refractivity (Wildman–Crippen MR) is 72.6 cm³/mol. The van der Waals surface area contributed by atoms with Crippen molar-refractivity contribution in [1.29, 1.82) is 0 Å². The third kappa shape index (κ3) is 2.86. The number of pyridine rings is 1. The number of aromatic nitrogens is 1. The molecule has 0 atom stereocenters. The summed E-state index contributed by atoms with van der Waals surface area (Å²) in [6, 6.07) is 10.0. The van der Waals surface area contributed by atoms with E-state index in [0.717, 1.165) is 22.2 Å². The Kier molecular flexibility index (Phi) is 3.79. The van der Waals surface area contributed by atoms with E-state index in [-0.39, 0.29) is 0 Å². The van der Waals surface area contributed by atoms with Gasteiger partial charge in [-0.1, -0.05) is 19.1 Å². The van der Waals surface area contributed by atoms with Crippen LogP contribution in [0.3, 0.4) is 0 Å². The van der Waals surface area contributed by atoms with Crippen LogP contribution in [0.4, 0.5) is 0 Å². The van der Waals surface area contributed by atoms with Crippen molar-refractivity contribution in [2.45, 2.75) is 20.3 Å². The van der Waals surface area contributed by atoms with Gasteiger partial charge in [-0.05, 0) is 58.6 Å². The quantitative estimate of drug-likeness (QED) is 0.830. The number of rotatable bonds is 3. The highest BCUT2D eigenvalue weighted by Crippen LogP contribution is 2.29. The van der Waals surface area contributed by atoms with Gasteiger partial charge >= 0.3 is 0 Å². The molecule has 0 aliphatic rings. The number of ether oxygens (including phenoxy) is 1. The van der Waals surface area contributed by atoms with Crippen molar-refractivity contribution in [3.05, 3.63) is 52.1 Å². The molecule has 0 aliphatic heterocycles. The Morgan fingerprint density at radius 3 is 2.88 bits per heavy atom. The van der Waals surface area contributed by atoms with Crippen LogP contribution in [0.2, 0.25) is 0 Å². The Bertz CT molecular complexity index is 525. The van der Waals surface area contributed by atoms with Gasteiger partial charge in [-0.15, -0.1) is 0 Å². The number of nitrogens with zero attached hydrogens (tertiary/aromatic N) is 1. The Labute approximate surface area is 110 Å². The van der Waals surface area contributed by atoms with E-state index in [1.807, 2.05) is 31.2 Å². The van der Waals surface area contributed by atoms with Crippen LogP contribution in [0.15, 0.2) is 41.0 Å². The number of hydrogen-bond donors (Lipinski definition) is 0. The van der Waals surface area contributed by atoms with Crippen LogP contribution in [-0.2, 0) is 6.42 Å². The van der Waals surface area contributed by atoms with E-state index < -0.39 is 0 Å². The van der Waals surface area contributed by atoms with E-state index in [1.54, 1.807) is 6.20 Å². The smallest absolute Gasteiger partial charge is 0.233 e. The molecule has 0 N–H and O–H groups in total. The van der Waals surface area contributed by atoms with Crippen molar-refractivity contribution in [2.24, 2.45) is 0 Å². The van der Waals surface area contributed by atoms with Crippen molar-refractivity contribution >= 4 is 15.9 Å². The second kappa shape index (κ2) is 5.32. The van der Waals surface area contributed by atoms with Crippen LogP contribution in [0.5, 0.6) is 11.6 Å². The fraction of sp³-hybridized carbons (Fsp3) is 0.214. The number of halogens is 1. The van der Waals surface area contributed by atoms with Gasteiger partial charge in [0, 0.05) is 6.20 Å². The molecule has 0 aliphatic carbocycles. The Hall–Kier alpha value is -1.35. The van der Waals surface area contributed by atoms with Crippen LogP contribution in [0, 0.1) is 6.92 Å². The minimum Gasteiger partial charge on any atom is -0.438 e. The standard InChI is InChI=1S/C14H14BrNO/c1-3-11-5-4-6-12(9-11)17-14-13(15)10(2)7-8-16-14/h4-9H,3H2,1-2H3. The highest BCUT2D eigenvalue weighted by Gasteiger charge is 2.06. The molecule has 0 unspecified atom stereocenters. The lowest BCUT2D eigenvalue weighted by Gasteiger charge is -2.08. The molecule has 0 radical (unpaired) electrons. The molecule has 2 rings (SSSR count). The summed E-state index contributed by atoms with van der Waals surface area (Å²) in [5.41, 5.74) is 2.37. The van der Waals surface area contributed by atoms with Crippen molar-refractivity contribution in [3.8, 4) is 11.6 Å². The Morgan fingerprint density at radius 2 is 2.12 bits per heavy atom. The molecule has 88 valence electrons. The number of aryl methyl sites for hydroxylation is 2. The third-order valence-corrected chi connectivity index (χ3v) is 3.54. The van der Waals surface area contributed by atoms with Crippen LogP contribution in [0.1, 0.15) is 18.1 Å². The first-order chi connectivity index (χ1) is 8.20. The van der Waals surface area contributed by atoms with Crippen LogP contribution < -0.4 is 4.74 Å². The summed E-state index contributed by atoms with van der Waals surface area (Å²) in [5, 5.41) is 0.